The third kappa shape index (κ3) is 2.94. The van der Waals surface area contributed by atoms with E-state index < -0.39 is 0 Å². The predicted octanol–water partition coefficient (Wildman–Crippen LogP) is 2.76. The van der Waals surface area contributed by atoms with Gasteiger partial charge >= 0.3 is 0 Å². The Morgan fingerprint density at radius 1 is 1.62 bits per heavy atom. The first-order chi connectivity index (χ1) is 7.65. The van der Waals surface area contributed by atoms with Crippen LogP contribution in [0, 0.1) is 12.8 Å². The van der Waals surface area contributed by atoms with Gasteiger partial charge in [0.1, 0.15) is 0 Å². The zero-order chi connectivity index (χ0) is 11.5. The van der Waals surface area contributed by atoms with Gasteiger partial charge in [0.15, 0.2) is 0 Å². The molecule has 90 valence electrons. The number of aryl methyl sites for hydroxylation is 1. The maximum atomic E-state index is 4.57. The van der Waals surface area contributed by atoms with E-state index in [1.807, 2.05) is 11.8 Å². The van der Waals surface area contributed by atoms with Crippen molar-refractivity contribution in [1.29, 1.82) is 0 Å². The van der Waals surface area contributed by atoms with Gasteiger partial charge in [0.25, 0.3) is 0 Å². The summed E-state index contributed by atoms with van der Waals surface area (Å²) >= 11 is 2.03. The van der Waals surface area contributed by atoms with E-state index in [2.05, 4.69) is 41.8 Å². The molecule has 2 heterocycles. The minimum atomic E-state index is 0.609. The van der Waals surface area contributed by atoms with Crippen LogP contribution in [-0.2, 0) is 6.54 Å². The van der Waals surface area contributed by atoms with Gasteiger partial charge in [-0.2, -0.15) is 11.8 Å². The zero-order valence-electron chi connectivity index (χ0n) is 10.4. The van der Waals surface area contributed by atoms with Gasteiger partial charge in [-0.1, -0.05) is 13.8 Å². The Morgan fingerprint density at radius 3 is 3.06 bits per heavy atom. The van der Waals surface area contributed by atoms with Crippen LogP contribution < -0.4 is 5.32 Å². The molecule has 0 bridgehead atoms. The highest BCUT2D eigenvalue weighted by molar-refractivity contribution is 7.99. The van der Waals surface area contributed by atoms with Crippen LogP contribution in [0.25, 0.3) is 0 Å². The fraction of sp³-hybridized carbons (Fsp3) is 0.750. The molecular weight excluding hydrogens is 218 g/mol. The van der Waals surface area contributed by atoms with E-state index in [4.69, 9.17) is 0 Å². The zero-order valence-corrected chi connectivity index (χ0v) is 11.2. The summed E-state index contributed by atoms with van der Waals surface area (Å²) in [6.45, 7) is 7.59. The average molecular weight is 239 g/mol. The smallest absolute Gasteiger partial charge is 0.203 e. The van der Waals surface area contributed by atoms with Crippen LogP contribution in [-0.4, -0.2) is 27.1 Å². The van der Waals surface area contributed by atoms with Crippen LogP contribution in [0.4, 0.5) is 5.95 Å². The molecule has 1 aromatic rings. The van der Waals surface area contributed by atoms with Crippen molar-refractivity contribution in [2.24, 2.45) is 5.92 Å². The van der Waals surface area contributed by atoms with Gasteiger partial charge in [-0.05, 0) is 25.0 Å². The lowest BCUT2D eigenvalue weighted by Crippen LogP contribution is -2.21. The highest BCUT2D eigenvalue weighted by Crippen LogP contribution is 2.21. The van der Waals surface area contributed by atoms with E-state index in [0.717, 1.165) is 18.2 Å². The highest BCUT2D eigenvalue weighted by Gasteiger charge is 2.17. The molecule has 4 heteroatoms. The van der Waals surface area contributed by atoms with E-state index >= 15 is 0 Å². The molecule has 1 aliphatic heterocycles. The van der Waals surface area contributed by atoms with Crippen LogP contribution in [0.5, 0.6) is 0 Å². The molecule has 0 saturated carbocycles. The molecule has 3 nitrogen and oxygen atoms in total. The van der Waals surface area contributed by atoms with Crippen LogP contribution in [0.1, 0.15) is 26.0 Å². The number of nitrogens with one attached hydrogen (secondary N) is 1. The van der Waals surface area contributed by atoms with Crippen molar-refractivity contribution < 1.29 is 0 Å². The van der Waals surface area contributed by atoms with Crippen LogP contribution in [0.15, 0.2) is 6.20 Å². The molecule has 1 aromatic heterocycles. The number of thioether (sulfide) groups is 1. The Labute approximate surface area is 102 Å². The lowest BCUT2D eigenvalue weighted by molar-refractivity contribution is 0.524. The standard InChI is InChI=1S/C12H21N3S/c1-9(2)6-15-7-10(3)13-12(15)14-11-4-5-16-8-11/h7,9,11H,4-6,8H2,1-3H3,(H,13,14). The number of aromatic nitrogens is 2. The van der Waals surface area contributed by atoms with Crippen LogP contribution in [0.2, 0.25) is 0 Å². The second-order valence-electron chi connectivity index (χ2n) is 4.96. The van der Waals surface area contributed by atoms with Crippen molar-refractivity contribution in [3.63, 3.8) is 0 Å². The van der Waals surface area contributed by atoms with Gasteiger partial charge in [0.05, 0.1) is 5.69 Å². The summed E-state index contributed by atoms with van der Waals surface area (Å²) in [5, 5.41) is 3.57. The fourth-order valence-electron chi connectivity index (χ4n) is 2.03. The molecule has 1 saturated heterocycles. The number of anilines is 1. The summed E-state index contributed by atoms with van der Waals surface area (Å²) in [6.07, 6.45) is 3.41. The number of imidazole rings is 1. The predicted molar refractivity (Wildman–Crippen MR) is 71.2 cm³/mol. The van der Waals surface area contributed by atoms with Crippen molar-refractivity contribution >= 4 is 17.7 Å². The van der Waals surface area contributed by atoms with E-state index in [-0.39, 0.29) is 0 Å². The average Bonchev–Trinajstić information content (AvgIpc) is 2.77. The molecule has 0 aromatic carbocycles. The molecule has 1 unspecified atom stereocenters. The SMILES string of the molecule is Cc1cn(CC(C)C)c(NC2CCSC2)n1. The highest BCUT2D eigenvalue weighted by atomic mass is 32.2. The number of nitrogens with zero attached hydrogens (tertiary/aromatic N) is 2. The molecule has 2 rings (SSSR count). The second-order valence-corrected chi connectivity index (χ2v) is 6.11. The summed E-state index contributed by atoms with van der Waals surface area (Å²) in [5.41, 5.74) is 1.11. The fourth-order valence-corrected chi connectivity index (χ4v) is 3.18. The summed E-state index contributed by atoms with van der Waals surface area (Å²) in [6, 6.07) is 0.609. The monoisotopic (exact) mass is 239 g/mol. The van der Waals surface area contributed by atoms with Gasteiger partial charge in [-0.15, -0.1) is 0 Å². The normalized spacial score (nSPS) is 20.6. The topological polar surface area (TPSA) is 29.9 Å². The molecule has 1 fully saturated rings. The van der Waals surface area contributed by atoms with Gasteiger partial charge < -0.3 is 9.88 Å². The lowest BCUT2D eigenvalue weighted by atomic mass is 10.2. The van der Waals surface area contributed by atoms with Crippen LogP contribution in [0.3, 0.4) is 0 Å². The largest absolute Gasteiger partial charge is 0.352 e. The van der Waals surface area contributed by atoms with E-state index in [9.17, 15) is 0 Å². The van der Waals surface area contributed by atoms with Crippen LogP contribution >= 0.6 is 11.8 Å². The summed E-state index contributed by atoms with van der Waals surface area (Å²) in [4.78, 5) is 4.57. The Morgan fingerprint density at radius 2 is 2.44 bits per heavy atom. The van der Waals surface area contributed by atoms with E-state index in [1.54, 1.807) is 0 Å². The number of hydrogen-bond acceptors (Lipinski definition) is 3. The molecule has 1 atom stereocenters. The molecule has 1 N–H and O–H groups in total. The minimum Gasteiger partial charge on any atom is -0.352 e. The van der Waals surface area contributed by atoms with Gasteiger partial charge in [-0.3, -0.25) is 0 Å². The first-order valence-corrected chi connectivity index (χ1v) is 7.18. The summed E-state index contributed by atoms with van der Waals surface area (Å²) < 4.78 is 2.25. The Balaban J connectivity index is 2.05. The maximum absolute atomic E-state index is 4.57. The van der Waals surface area contributed by atoms with Crippen molar-refractivity contribution in [2.75, 3.05) is 16.8 Å². The molecule has 0 spiro atoms. The molecule has 16 heavy (non-hydrogen) atoms. The van der Waals surface area contributed by atoms with Crippen molar-refractivity contribution in [1.82, 2.24) is 9.55 Å². The third-order valence-electron chi connectivity index (χ3n) is 2.72. The second kappa shape index (κ2) is 5.13. The molecular formula is C12H21N3S. The van der Waals surface area contributed by atoms with E-state index in [0.29, 0.717) is 12.0 Å². The first-order valence-electron chi connectivity index (χ1n) is 6.03. The quantitative estimate of drug-likeness (QED) is 0.876. The van der Waals surface area contributed by atoms with Gasteiger partial charge in [0, 0.05) is 24.5 Å². The Kier molecular flexibility index (Phi) is 3.79. The summed E-state index contributed by atoms with van der Waals surface area (Å²) in [7, 11) is 0. The number of rotatable bonds is 4. The first kappa shape index (κ1) is 11.8. The minimum absolute atomic E-state index is 0.609. The van der Waals surface area contributed by atoms with E-state index in [1.165, 1.54) is 17.9 Å². The molecule has 0 amide bonds. The molecule has 1 aliphatic rings. The third-order valence-corrected chi connectivity index (χ3v) is 3.88. The van der Waals surface area contributed by atoms with Crippen molar-refractivity contribution in [3.8, 4) is 0 Å². The lowest BCUT2D eigenvalue weighted by Gasteiger charge is -2.15. The maximum Gasteiger partial charge on any atom is 0.203 e. The van der Waals surface area contributed by atoms with Crippen molar-refractivity contribution in [3.05, 3.63) is 11.9 Å². The Hall–Kier alpha value is -0.640. The number of hydrogen-bond donors (Lipinski definition) is 1. The molecule has 0 radical (unpaired) electrons. The Bertz CT molecular complexity index is 340. The van der Waals surface area contributed by atoms with Crippen molar-refractivity contribution in [2.45, 2.75) is 39.8 Å². The molecule has 0 aliphatic carbocycles. The van der Waals surface area contributed by atoms with Gasteiger partial charge in [0.2, 0.25) is 5.95 Å². The van der Waals surface area contributed by atoms with Gasteiger partial charge in [-0.25, -0.2) is 4.98 Å². The summed E-state index contributed by atoms with van der Waals surface area (Å²) in [5.74, 6) is 4.21.